The van der Waals surface area contributed by atoms with E-state index in [0.717, 1.165) is 16.6 Å². The second-order valence-corrected chi connectivity index (χ2v) is 11.1. The molecule has 2 aliphatic rings. The van der Waals surface area contributed by atoms with Gasteiger partial charge in [-0.1, -0.05) is 54.6 Å². The lowest BCUT2D eigenvalue weighted by molar-refractivity contribution is -0.138. The lowest BCUT2D eigenvalue weighted by Gasteiger charge is -2.32. The lowest BCUT2D eigenvalue weighted by Crippen LogP contribution is -2.63. The van der Waals surface area contributed by atoms with Gasteiger partial charge in [0, 0.05) is 12.8 Å². The zero-order valence-electron chi connectivity index (χ0n) is 22.7. The first-order valence-corrected chi connectivity index (χ1v) is 13.0. The van der Waals surface area contributed by atoms with E-state index in [0.29, 0.717) is 6.42 Å². The summed E-state index contributed by atoms with van der Waals surface area (Å²) >= 11 is 0. The normalized spacial score (nSPS) is 22.5. The van der Waals surface area contributed by atoms with Crippen molar-refractivity contribution >= 4 is 36.2 Å². The summed E-state index contributed by atoms with van der Waals surface area (Å²) in [6.45, 7) is 7.92. The summed E-state index contributed by atoms with van der Waals surface area (Å²) in [5.74, 6) is -2.11. The van der Waals surface area contributed by atoms with Gasteiger partial charge in [0.1, 0.15) is 18.1 Å². The van der Waals surface area contributed by atoms with Crippen LogP contribution in [0, 0.1) is 0 Å². The molecule has 206 valence electrons. The Kier molecular flexibility index (Phi) is 8.13. The topological polar surface area (TPSA) is 149 Å². The van der Waals surface area contributed by atoms with Crippen LogP contribution in [0.5, 0.6) is 0 Å². The van der Waals surface area contributed by atoms with Gasteiger partial charge in [0.2, 0.25) is 23.6 Å². The van der Waals surface area contributed by atoms with Crippen molar-refractivity contribution in [3.63, 3.8) is 0 Å². The first kappa shape index (κ1) is 28.3. The Morgan fingerprint density at radius 2 is 1.46 bits per heavy atom. The second-order valence-electron chi connectivity index (χ2n) is 11.1. The highest BCUT2D eigenvalue weighted by Gasteiger charge is 2.51. The van der Waals surface area contributed by atoms with E-state index in [1.54, 1.807) is 0 Å². The van der Waals surface area contributed by atoms with Crippen molar-refractivity contribution in [2.75, 3.05) is 0 Å². The van der Waals surface area contributed by atoms with Gasteiger partial charge in [-0.15, -0.1) is 0 Å². The second kappa shape index (κ2) is 11.2. The Hall–Kier alpha value is -3.70. The minimum Gasteiger partial charge on any atom is -0.399 e. The summed E-state index contributed by atoms with van der Waals surface area (Å²) in [6, 6.07) is 13.9. The molecule has 2 aromatic rings. The van der Waals surface area contributed by atoms with Crippen molar-refractivity contribution in [3.05, 3.63) is 65.7 Å². The van der Waals surface area contributed by atoms with E-state index in [-0.39, 0.29) is 18.7 Å². The van der Waals surface area contributed by atoms with Crippen LogP contribution in [0.25, 0.3) is 0 Å². The maximum Gasteiger partial charge on any atom is 0.494 e. The summed E-state index contributed by atoms with van der Waals surface area (Å²) in [7, 11) is -0.514. The van der Waals surface area contributed by atoms with E-state index in [4.69, 9.17) is 15.0 Å². The van der Waals surface area contributed by atoms with Crippen LogP contribution in [-0.2, 0) is 41.3 Å². The third kappa shape index (κ3) is 6.66. The Balaban J connectivity index is 1.31. The van der Waals surface area contributed by atoms with Crippen LogP contribution >= 0.6 is 0 Å². The van der Waals surface area contributed by atoms with Crippen molar-refractivity contribution in [2.45, 2.75) is 76.3 Å². The molecule has 2 heterocycles. The number of benzene rings is 2. The van der Waals surface area contributed by atoms with Gasteiger partial charge >= 0.3 is 7.12 Å². The molecule has 0 aromatic heterocycles. The summed E-state index contributed by atoms with van der Waals surface area (Å²) < 4.78 is 12.1. The number of carbonyl (C=O) groups is 4. The molecule has 0 saturated carbocycles. The van der Waals surface area contributed by atoms with Crippen LogP contribution in [-0.4, -0.2) is 60.1 Å². The highest BCUT2D eigenvalue weighted by atomic mass is 16.7. The van der Waals surface area contributed by atoms with Crippen molar-refractivity contribution in [1.82, 2.24) is 16.0 Å². The monoisotopic (exact) mass is 534 g/mol. The van der Waals surface area contributed by atoms with Crippen molar-refractivity contribution in [3.8, 4) is 0 Å². The van der Waals surface area contributed by atoms with Crippen molar-refractivity contribution < 1.29 is 28.5 Å². The number of amides is 4. The summed E-state index contributed by atoms with van der Waals surface area (Å²) in [6.07, 6.45) is 0.182. The van der Waals surface area contributed by atoms with Gasteiger partial charge in [0.05, 0.1) is 17.6 Å². The van der Waals surface area contributed by atoms with Crippen LogP contribution in [0.2, 0.25) is 0 Å². The van der Waals surface area contributed by atoms with E-state index in [9.17, 15) is 19.2 Å². The predicted octanol–water partition coefficient (Wildman–Crippen LogP) is 0.114. The minimum atomic E-state index is -1.04. The fraction of sp³-hybridized carbons (Fsp3) is 0.429. The molecule has 11 heteroatoms. The van der Waals surface area contributed by atoms with E-state index in [1.165, 1.54) is 0 Å². The van der Waals surface area contributed by atoms with Crippen molar-refractivity contribution in [1.29, 1.82) is 0 Å². The van der Waals surface area contributed by atoms with E-state index in [2.05, 4.69) is 16.0 Å². The fourth-order valence-corrected chi connectivity index (χ4v) is 4.50. The molecule has 0 bridgehead atoms. The number of nitrogens with two attached hydrogens (primary N) is 1. The van der Waals surface area contributed by atoms with Crippen molar-refractivity contribution in [2.24, 2.45) is 5.73 Å². The van der Waals surface area contributed by atoms with Crippen LogP contribution in [0.15, 0.2) is 54.6 Å². The fourth-order valence-electron chi connectivity index (χ4n) is 4.50. The first-order valence-electron chi connectivity index (χ1n) is 13.0. The zero-order chi connectivity index (χ0) is 28.4. The molecule has 2 aromatic carbocycles. The van der Waals surface area contributed by atoms with Gasteiger partial charge < -0.3 is 31.0 Å². The molecule has 0 radical (unpaired) electrons. The summed E-state index contributed by atoms with van der Waals surface area (Å²) in [4.78, 5) is 50.0. The highest BCUT2D eigenvalue weighted by molar-refractivity contribution is 6.62. The minimum absolute atomic E-state index is 0.160. The lowest BCUT2D eigenvalue weighted by atomic mass is 9.78. The van der Waals surface area contributed by atoms with Gasteiger partial charge in [-0.25, -0.2) is 0 Å². The SMILES string of the molecule is CC1(C)OB(c2ccc(C[C@@H](NC(=O)C[C@@H]3NC(=O)[C@H](Cc4ccccc4)NC3=O)C(N)=O)cc2)OC1(C)C. The molecule has 0 unspecified atom stereocenters. The van der Waals surface area contributed by atoms with Crippen LogP contribution in [0.1, 0.15) is 45.2 Å². The van der Waals surface area contributed by atoms with Gasteiger partial charge in [0.25, 0.3) is 0 Å². The largest absolute Gasteiger partial charge is 0.494 e. The molecule has 10 nitrogen and oxygen atoms in total. The molecule has 4 rings (SSSR count). The smallest absolute Gasteiger partial charge is 0.399 e. The molecule has 5 N–H and O–H groups in total. The van der Waals surface area contributed by atoms with E-state index < -0.39 is 54.2 Å². The van der Waals surface area contributed by atoms with E-state index in [1.807, 2.05) is 82.3 Å². The maximum absolute atomic E-state index is 12.7. The number of primary amides is 1. The number of piperazine rings is 1. The standard InChI is InChI=1S/C28H35BN4O6/c1-27(2)28(3,4)39-29(38-27)19-12-10-18(11-13-19)14-20(24(30)35)31-23(34)16-22-26(37)32-21(25(36)33-22)15-17-8-6-5-7-9-17/h5-13,20-22H,14-16H2,1-4H3,(H2,30,35)(H,31,34)(H,32,37)(H,33,36)/t20-,21+,22+/m1/s1. The first-order chi connectivity index (χ1) is 18.3. The Morgan fingerprint density at radius 1 is 0.897 bits per heavy atom. The van der Waals surface area contributed by atoms with Crippen LogP contribution in [0.3, 0.4) is 0 Å². The molecular weight excluding hydrogens is 499 g/mol. The quantitative estimate of drug-likeness (QED) is 0.336. The average molecular weight is 534 g/mol. The molecular formula is C28H35BN4O6. The Labute approximate surface area is 228 Å². The number of rotatable bonds is 9. The molecule has 2 aliphatic heterocycles. The average Bonchev–Trinajstić information content (AvgIpc) is 3.09. The summed E-state index contributed by atoms with van der Waals surface area (Å²) in [5.41, 5.74) is 7.14. The summed E-state index contributed by atoms with van der Waals surface area (Å²) in [5, 5.41) is 7.89. The van der Waals surface area contributed by atoms with Gasteiger partial charge in [-0.3, -0.25) is 19.2 Å². The van der Waals surface area contributed by atoms with Gasteiger partial charge in [0.15, 0.2) is 0 Å². The molecule has 0 aliphatic carbocycles. The molecule has 2 fully saturated rings. The third-order valence-corrected chi connectivity index (χ3v) is 7.56. The molecule has 4 amide bonds. The molecule has 0 spiro atoms. The highest BCUT2D eigenvalue weighted by Crippen LogP contribution is 2.36. The number of nitrogens with one attached hydrogen (secondary N) is 3. The molecule has 39 heavy (non-hydrogen) atoms. The maximum atomic E-state index is 12.7. The van der Waals surface area contributed by atoms with Gasteiger partial charge in [-0.05, 0) is 44.3 Å². The van der Waals surface area contributed by atoms with Gasteiger partial charge in [-0.2, -0.15) is 0 Å². The van der Waals surface area contributed by atoms with Crippen LogP contribution in [0.4, 0.5) is 0 Å². The molecule has 2 saturated heterocycles. The number of hydrogen-bond donors (Lipinski definition) is 4. The Bertz CT molecular complexity index is 1220. The third-order valence-electron chi connectivity index (χ3n) is 7.56. The number of carbonyl (C=O) groups excluding carboxylic acids is 4. The number of hydrogen-bond acceptors (Lipinski definition) is 6. The zero-order valence-corrected chi connectivity index (χ0v) is 22.7. The van der Waals surface area contributed by atoms with E-state index >= 15 is 0 Å². The van der Waals surface area contributed by atoms with Crippen LogP contribution < -0.4 is 27.1 Å². The molecule has 3 atom stereocenters. The predicted molar refractivity (Wildman–Crippen MR) is 146 cm³/mol. The Morgan fingerprint density at radius 3 is 2.05 bits per heavy atom.